The third-order valence-electron chi connectivity index (χ3n) is 3.70. The molecule has 3 heteroatoms. The summed E-state index contributed by atoms with van der Waals surface area (Å²) in [5, 5.41) is 0. The van der Waals surface area contributed by atoms with Gasteiger partial charge in [0, 0.05) is 11.8 Å². The molecule has 16 heavy (non-hydrogen) atoms. The lowest BCUT2D eigenvalue weighted by Crippen LogP contribution is -2.51. The first-order valence-corrected chi connectivity index (χ1v) is 5.89. The summed E-state index contributed by atoms with van der Waals surface area (Å²) in [5.41, 5.74) is 7.07. The zero-order valence-electron chi connectivity index (χ0n) is 10.4. The minimum absolute atomic E-state index is 0.0869. The first kappa shape index (κ1) is 11.4. The van der Waals surface area contributed by atoms with E-state index in [2.05, 4.69) is 32.7 Å². The Hall–Kier alpha value is -1.09. The predicted octanol–water partition coefficient (Wildman–Crippen LogP) is 2.52. The Morgan fingerprint density at radius 1 is 1.31 bits per heavy atom. The molecular weight excluding hydrogens is 200 g/mol. The molecule has 1 aliphatic rings. The van der Waals surface area contributed by atoms with Gasteiger partial charge in [-0.05, 0) is 17.9 Å². The maximum Gasteiger partial charge on any atom is 0.218 e. The summed E-state index contributed by atoms with van der Waals surface area (Å²) in [6.45, 7) is 8.63. The van der Waals surface area contributed by atoms with Crippen molar-refractivity contribution in [3.8, 4) is 5.88 Å². The van der Waals surface area contributed by atoms with Crippen molar-refractivity contribution in [1.29, 1.82) is 0 Å². The van der Waals surface area contributed by atoms with Crippen molar-refractivity contribution in [3.63, 3.8) is 0 Å². The van der Waals surface area contributed by atoms with Gasteiger partial charge in [0.1, 0.15) is 5.60 Å². The monoisotopic (exact) mass is 220 g/mol. The molecule has 3 nitrogen and oxygen atoms in total. The van der Waals surface area contributed by atoms with E-state index < -0.39 is 0 Å². The summed E-state index contributed by atoms with van der Waals surface area (Å²) in [5.74, 6) is 1.42. The smallest absolute Gasteiger partial charge is 0.218 e. The SMILES string of the molecule is CC(C)C1(C(C)C)Oc2ncccc2[C@H]1N. The highest BCUT2D eigenvalue weighted by atomic mass is 16.5. The van der Waals surface area contributed by atoms with Crippen LogP contribution in [0.25, 0.3) is 0 Å². The van der Waals surface area contributed by atoms with Crippen LogP contribution < -0.4 is 10.5 Å². The molecule has 1 atom stereocenters. The van der Waals surface area contributed by atoms with E-state index in [4.69, 9.17) is 10.5 Å². The Balaban J connectivity index is 2.49. The number of pyridine rings is 1. The standard InChI is InChI=1S/C13H20N2O/c1-8(2)13(9(3)4)11(14)10-6-5-7-15-12(10)16-13/h5-9,11H,14H2,1-4H3/t11-/m1/s1. The molecule has 2 heterocycles. The second-order valence-electron chi connectivity index (χ2n) is 5.14. The number of ether oxygens (including phenoxy) is 1. The molecule has 1 aliphatic heterocycles. The zero-order chi connectivity index (χ0) is 11.9. The number of nitrogens with zero attached hydrogens (tertiary/aromatic N) is 1. The van der Waals surface area contributed by atoms with Crippen LogP contribution in [-0.4, -0.2) is 10.6 Å². The molecular formula is C13H20N2O. The van der Waals surface area contributed by atoms with Crippen LogP contribution in [0.4, 0.5) is 0 Å². The van der Waals surface area contributed by atoms with E-state index in [1.807, 2.05) is 12.1 Å². The van der Waals surface area contributed by atoms with Crippen LogP contribution in [0.3, 0.4) is 0 Å². The van der Waals surface area contributed by atoms with E-state index in [9.17, 15) is 0 Å². The van der Waals surface area contributed by atoms with E-state index in [-0.39, 0.29) is 11.6 Å². The van der Waals surface area contributed by atoms with Crippen LogP contribution >= 0.6 is 0 Å². The van der Waals surface area contributed by atoms with Crippen LogP contribution in [0.1, 0.15) is 39.3 Å². The molecule has 0 fully saturated rings. The number of hydrogen-bond donors (Lipinski definition) is 1. The van der Waals surface area contributed by atoms with Gasteiger partial charge in [-0.3, -0.25) is 0 Å². The summed E-state index contributed by atoms with van der Waals surface area (Å²) in [6, 6.07) is 3.84. The van der Waals surface area contributed by atoms with E-state index in [0.717, 1.165) is 5.56 Å². The molecule has 1 aromatic heterocycles. The van der Waals surface area contributed by atoms with Gasteiger partial charge in [0.05, 0.1) is 6.04 Å². The molecule has 0 saturated carbocycles. The maximum atomic E-state index is 6.36. The highest BCUT2D eigenvalue weighted by Crippen LogP contribution is 2.48. The van der Waals surface area contributed by atoms with Gasteiger partial charge in [0.15, 0.2) is 0 Å². The predicted molar refractivity (Wildman–Crippen MR) is 64.2 cm³/mol. The third-order valence-corrected chi connectivity index (χ3v) is 3.70. The maximum absolute atomic E-state index is 6.36. The van der Waals surface area contributed by atoms with Crippen molar-refractivity contribution in [3.05, 3.63) is 23.9 Å². The van der Waals surface area contributed by atoms with Crippen LogP contribution in [0, 0.1) is 11.8 Å². The second-order valence-corrected chi connectivity index (χ2v) is 5.14. The van der Waals surface area contributed by atoms with Crippen molar-refractivity contribution in [2.75, 3.05) is 0 Å². The number of hydrogen-bond acceptors (Lipinski definition) is 3. The summed E-state index contributed by atoms with van der Waals surface area (Å²) < 4.78 is 6.09. The zero-order valence-corrected chi connectivity index (χ0v) is 10.4. The highest BCUT2D eigenvalue weighted by molar-refractivity contribution is 5.37. The van der Waals surface area contributed by atoms with Crippen molar-refractivity contribution in [2.45, 2.75) is 39.3 Å². The van der Waals surface area contributed by atoms with Crippen molar-refractivity contribution in [1.82, 2.24) is 4.98 Å². The molecule has 0 aromatic carbocycles. The summed E-state index contributed by atoms with van der Waals surface area (Å²) in [7, 11) is 0. The highest BCUT2D eigenvalue weighted by Gasteiger charge is 2.51. The van der Waals surface area contributed by atoms with Gasteiger partial charge in [-0.1, -0.05) is 33.8 Å². The Labute approximate surface area is 97.0 Å². The quantitative estimate of drug-likeness (QED) is 0.833. The number of rotatable bonds is 2. The summed E-state index contributed by atoms with van der Waals surface area (Å²) in [6.07, 6.45) is 1.75. The number of aromatic nitrogens is 1. The van der Waals surface area contributed by atoms with Gasteiger partial charge in [-0.25, -0.2) is 4.98 Å². The average molecular weight is 220 g/mol. The lowest BCUT2D eigenvalue weighted by atomic mass is 9.74. The summed E-state index contributed by atoms with van der Waals surface area (Å²) in [4.78, 5) is 4.27. The largest absolute Gasteiger partial charge is 0.468 e. The molecule has 0 amide bonds. The fraction of sp³-hybridized carbons (Fsp3) is 0.615. The molecule has 0 spiro atoms. The number of nitrogens with two attached hydrogens (primary N) is 1. The lowest BCUT2D eigenvalue weighted by Gasteiger charge is -2.40. The van der Waals surface area contributed by atoms with Gasteiger partial charge in [-0.15, -0.1) is 0 Å². The minimum Gasteiger partial charge on any atom is -0.468 e. The molecule has 1 aromatic rings. The second kappa shape index (κ2) is 3.74. The molecule has 0 bridgehead atoms. The molecule has 2 rings (SSSR count). The fourth-order valence-corrected chi connectivity index (χ4v) is 2.82. The minimum atomic E-state index is -0.323. The normalized spacial score (nSPS) is 22.3. The van der Waals surface area contributed by atoms with E-state index >= 15 is 0 Å². The third kappa shape index (κ3) is 1.34. The molecule has 0 saturated heterocycles. The van der Waals surface area contributed by atoms with Gasteiger partial charge < -0.3 is 10.5 Å². The van der Waals surface area contributed by atoms with Gasteiger partial charge in [-0.2, -0.15) is 0 Å². The Kier molecular flexibility index (Phi) is 2.66. The Morgan fingerprint density at radius 2 is 1.94 bits per heavy atom. The Bertz CT molecular complexity index is 379. The summed E-state index contributed by atoms with van der Waals surface area (Å²) >= 11 is 0. The van der Waals surface area contributed by atoms with Crippen LogP contribution in [0.15, 0.2) is 18.3 Å². The first-order chi connectivity index (χ1) is 7.50. The van der Waals surface area contributed by atoms with Gasteiger partial charge >= 0.3 is 0 Å². The molecule has 0 aliphatic carbocycles. The number of fused-ring (bicyclic) bond motifs is 1. The Morgan fingerprint density at radius 3 is 2.44 bits per heavy atom. The van der Waals surface area contributed by atoms with Crippen molar-refractivity contribution >= 4 is 0 Å². The van der Waals surface area contributed by atoms with E-state index in [0.29, 0.717) is 17.7 Å². The molecule has 0 radical (unpaired) electrons. The van der Waals surface area contributed by atoms with Gasteiger partial charge in [0.2, 0.25) is 5.88 Å². The fourth-order valence-electron chi connectivity index (χ4n) is 2.82. The first-order valence-electron chi connectivity index (χ1n) is 5.89. The van der Waals surface area contributed by atoms with E-state index in [1.165, 1.54) is 0 Å². The van der Waals surface area contributed by atoms with Crippen LogP contribution in [0.5, 0.6) is 5.88 Å². The van der Waals surface area contributed by atoms with E-state index in [1.54, 1.807) is 6.20 Å². The molecule has 0 unspecified atom stereocenters. The van der Waals surface area contributed by atoms with Crippen LogP contribution in [0.2, 0.25) is 0 Å². The molecule has 2 N–H and O–H groups in total. The van der Waals surface area contributed by atoms with Crippen molar-refractivity contribution < 1.29 is 4.74 Å². The van der Waals surface area contributed by atoms with Crippen LogP contribution in [-0.2, 0) is 0 Å². The van der Waals surface area contributed by atoms with Crippen molar-refractivity contribution in [2.24, 2.45) is 17.6 Å². The topological polar surface area (TPSA) is 48.1 Å². The lowest BCUT2D eigenvalue weighted by molar-refractivity contribution is -0.0245. The molecule has 88 valence electrons. The average Bonchev–Trinajstić information content (AvgIpc) is 2.54. The van der Waals surface area contributed by atoms with Gasteiger partial charge in [0.25, 0.3) is 0 Å².